The van der Waals surface area contributed by atoms with Crippen molar-refractivity contribution >= 4 is 40.9 Å². The minimum absolute atomic E-state index is 0.00961. The first-order valence-corrected chi connectivity index (χ1v) is 7.86. The van der Waals surface area contributed by atoms with Crippen molar-refractivity contribution in [3.63, 3.8) is 0 Å². The first-order chi connectivity index (χ1) is 12.4. The van der Waals surface area contributed by atoms with Crippen molar-refractivity contribution < 1.29 is 31.1 Å². The summed E-state index contributed by atoms with van der Waals surface area (Å²) in [7, 11) is 0. The summed E-state index contributed by atoms with van der Waals surface area (Å²) in [4.78, 5) is 11.8. The summed E-state index contributed by atoms with van der Waals surface area (Å²) in [6.45, 7) is 0. The van der Waals surface area contributed by atoms with E-state index in [1.807, 2.05) is 0 Å². The number of benzene rings is 2. The number of carbonyl (C=O) groups is 1. The molecule has 2 rings (SSSR count). The van der Waals surface area contributed by atoms with Crippen molar-refractivity contribution in [3.05, 3.63) is 69.2 Å². The Bertz CT molecular complexity index is 890. The molecule has 0 aliphatic carbocycles. The number of halogens is 8. The Morgan fingerprint density at radius 1 is 0.889 bits per heavy atom. The lowest BCUT2D eigenvalue weighted by atomic mass is 10.1. The second kappa shape index (κ2) is 7.82. The van der Waals surface area contributed by atoms with E-state index in [1.165, 1.54) is 0 Å². The van der Waals surface area contributed by atoms with E-state index in [1.54, 1.807) is 0 Å². The van der Waals surface area contributed by atoms with Crippen molar-refractivity contribution in [2.24, 2.45) is 0 Å². The molecular formula is C17H9Cl2F6NO. The summed E-state index contributed by atoms with van der Waals surface area (Å²) in [6, 6.07) is 5.21. The standard InChI is InChI=1S/C17H9Cl2F6NO/c18-13-5-2-10(16(20,21)22)7-9(13)1-6-15(27)26-11-3-4-12(14(19)8-11)17(23,24)25/h1-8H,(H,26,27)/b6-1+. The van der Waals surface area contributed by atoms with Crippen LogP contribution in [0, 0.1) is 0 Å². The molecule has 0 aromatic heterocycles. The fraction of sp³-hybridized carbons (Fsp3) is 0.118. The average molecular weight is 428 g/mol. The SMILES string of the molecule is O=C(/C=C/c1cc(C(F)(F)F)ccc1Cl)Nc1ccc(C(F)(F)F)c(Cl)c1. The molecule has 0 saturated heterocycles. The molecule has 0 radical (unpaired) electrons. The summed E-state index contributed by atoms with van der Waals surface area (Å²) in [5, 5.41) is 1.64. The monoisotopic (exact) mass is 427 g/mol. The molecule has 10 heteroatoms. The predicted molar refractivity (Wildman–Crippen MR) is 90.6 cm³/mol. The molecule has 0 heterocycles. The van der Waals surface area contributed by atoms with Crippen LogP contribution in [0.1, 0.15) is 16.7 Å². The Hall–Kier alpha value is -2.19. The van der Waals surface area contributed by atoms with Gasteiger partial charge >= 0.3 is 12.4 Å². The van der Waals surface area contributed by atoms with E-state index in [9.17, 15) is 31.1 Å². The fourth-order valence-electron chi connectivity index (χ4n) is 2.02. The predicted octanol–water partition coefficient (Wildman–Crippen LogP) is 6.68. The van der Waals surface area contributed by atoms with E-state index >= 15 is 0 Å². The Kier molecular flexibility index (Phi) is 6.11. The number of amides is 1. The maximum Gasteiger partial charge on any atom is 0.417 e. The third-order valence-electron chi connectivity index (χ3n) is 3.28. The van der Waals surface area contributed by atoms with Gasteiger partial charge in [0.1, 0.15) is 0 Å². The van der Waals surface area contributed by atoms with Crippen molar-refractivity contribution in [2.45, 2.75) is 12.4 Å². The van der Waals surface area contributed by atoms with Crippen LogP contribution in [0.15, 0.2) is 42.5 Å². The molecule has 2 aromatic carbocycles. The maximum atomic E-state index is 12.7. The molecule has 0 fully saturated rings. The van der Waals surface area contributed by atoms with E-state index < -0.39 is 34.4 Å². The van der Waals surface area contributed by atoms with Crippen LogP contribution in [0.2, 0.25) is 10.0 Å². The molecule has 0 bridgehead atoms. The van der Waals surface area contributed by atoms with E-state index in [0.29, 0.717) is 6.07 Å². The fourth-order valence-corrected chi connectivity index (χ4v) is 2.49. The minimum atomic E-state index is -4.64. The molecule has 0 aliphatic rings. The highest BCUT2D eigenvalue weighted by molar-refractivity contribution is 6.32. The summed E-state index contributed by atoms with van der Waals surface area (Å²) in [6.07, 6.45) is -7.27. The van der Waals surface area contributed by atoms with Gasteiger partial charge in [0.05, 0.1) is 16.1 Å². The highest BCUT2D eigenvalue weighted by Crippen LogP contribution is 2.36. The molecule has 27 heavy (non-hydrogen) atoms. The Labute approximate surface area is 159 Å². The van der Waals surface area contributed by atoms with Gasteiger partial charge in [-0.1, -0.05) is 23.2 Å². The third kappa shape index (κ3) is 5.64. The first kappa shape index (κ1) is 21.1. The van der Waals surface area contributed by atoms with Crippen molar-refractivity contribution in [3.8, 4) is 0 Å². The van der Waals surface area contributed by atoms with Crippen LogP contribution in [-0.2, 0) is 17.1 Å². The highest BCUT2D eigenvalue weighted by Gasteiger charge is 2.33. The molecule has 2 aromatic rings. The van der Waals surface area contributed by atoms with Gasteiger partial charge in [-0.2, -0.15) is 26.3 Å². The zero-order valence-electron chi connectivity index (χ0n) is 13.1. The lowest BCUT2D eigenvalue weighted by Gasteiger charge is -2.10. The largest absolute Gasteiger partial charge is 0.417 e. The normalized spacial score (nSPS) is 12.4. The topological polar surface area (TPSA) is 29.1 Å². The number of rotatable bonds is 3. The number of hydrogen-bond acceptors (Lipinski definition) is 1. The summed E-state index contributed by atoms with van der Waals surface area (Å²) in [5.41, 5.74) is -2.07. The number of carbonyl (C=O) groups excluding carboxylic acids is 1. The molecule has 0 spiro atoms. The minimum Gasteiger partial charge on any atom is -0.322 e. The summed E-state index contributed by atoms with van der Waals surface area (Å²) >= 11 is 11.3. The van der Waals surface area contributed by atoms with Gasteiger partial charge in [-0.3, -0.25) is 4.79 Å². The number of anilines is 1. The van der Waals surface area contributed by atoms with Gasteiger partial charge in [-0.15, -0.1) is 0 Å². The quantitative estimate of drug-likeness (QED) is 0.429. The molecule has 0 atom stereocenters. The van der Waals surface area contributed by atoms with Crippen LogP contribution in [0.4, 0.5) is 32.0 Å². The zero-order chi connectivity index (χ0) is 20.4. The van der Waals surface area contributed by atoms with E-state index in [0.717, 1.165) is 42.5 Å². The van der Waals surface area contributed by atoms with Crippen LogP contribution >= 0.6 is 23.2 Å². The van der Waals surface area contributed by atoms with E-state index in [4.69, 9.17) is 23.2 Å². The Morgan fingerprint density at radius 3 is 2.11 bits per heavy atom. The zero-order valence-corrected chi connectivity index (χ0v) is 14.6. The van der Waals surface area contributed by atoms with Crippen LogP contribution in [0.25, 0.3) is 6.08 Å². The maximum absolute atomic E-state index is 12.7. The van der Waals surface area contributed by atoms with E-state index in [2.05, 4.69) is 5.32 Å². The van der Waals surface area contributed by atoms with Gasteiger partial charge in [0.15, 0.2) is 0 Å². The number of alkyl halides is 6. The highest BCUT2D eigenvalue weighted by atomic mass is 35.5. The lowest BCUT2D eigenvalue weighted by molar-refractivity contribution is -0.138. The van der Waals surface area contributed by atoms with Crippen LogP contribution in [0.5, 0.6) is 0 Å². The van der Waals surface area contributed by atoms with Crippen LogP contribution < -0.4 is 5.32 Å². The van der Waals surface area contributed by atoms with Crippen molar-refractivity contribution in [1.82, 2.24) is 0 Å². The first-order valence-electron chi connectivity index (χ1n) is 7.10. The lowest BCUT2D eigenvalue weighted by Crippen LogP contribution is -2.10. The Morgan fingerprint density at radius 2 is 1.56 bits per heavy atom. The van der Waals surface area contributed by atoms with Crippen molar-refractivity contribution in [1.29, 1.82) is 0 Å². The average Bonchev–Trinajstić information content (AvgIpc) is 2.51. The number of hydrogen-bond donors (Lipinski definition) is 1. The van der Waals surface area contributed by atoms with E-state index in [-0.39, 0.29) is 16.3 Å². The summed E-state index contributed by atoms with van der Waals surface area (Å²) < 4.78 is 76.0. The molecule has 0 aliphatic heterocycles. The second-order valence-electron chi connectivity index (χ2n) is 5.25. The second-order valence-corrected chi connectivity index (χ2v) is 6.06. The molecule has 1 amide bonds. The molecular weight excluding hydrogens is 419 g/mol. The van der Waals surface area contributed by atoms with Gasteiger partial charge in [0, 0.05) is 16.8 Å². The van der Waals surface area contributed by atoms with Gasteiger partial charge < -0.3 is 5.32 Å². The third-order valence-corrected chi connectivity index (χ3v) is 3.94. The van der Waals surface area contributed by atoms with Crippen molar-refractivity contribution in [2.75, 3.05) is 5.32 Å². The molecule has 144 valence electrons. The van der Waals surface area contributed by atoms with Crippen LogP contribution in [-0.4, -0.2) is 5.91 Å². The molecule has 2 nitrogen and oxygen atoms in total. The molecule has 0 unspecified atom stereocenters. The Balaban J connectivity index is 2.16. The number of nitrogens with one attached hydrogen (secondary N) is 1. The summed E-state index contributed by atoms with van der Waals surface area (Å²) in [5.74, 6) is -0.792. The van der Waals surface area contributed by atoms with Gasteiger partial charge in [-0.05, 0) is 48.0 Å². The smallest absolute Gasteiger partial charge is 0.322 e. The van der Waals surface area contributed by atoms with Gasteiger partial charge in [-0.25, -0.2) is 0 Å². The molecule has 1 N–H and O–H groups in total. The van der Waals surface area contributed by atoms with Crippen LogP contribution in [0.3, 0.4) is 0 Å². The van der Waals surface area contributed by atoms with Gasteiger partial charge in [0.25, 0.3) is 0 Å². The van der Waals surface area contributed by atoms with Gasteiger partial charge in [0.2, 0.25) is 5.91 Å². The molecule has 0 saturated carbocycles.